The van der Waals surface area contributed by atoms with Gasteiger partial charge in [-0.2, -0.15) is 0 Å². The third-order valence-electron chi connectivity index (χ3n) is 1.04. The molecule has 0 atom stereocenters. The van der Waals surface area contributed by atoms with Crippen molar-refractivity contribution < 1.29 is 0 Å². The molecule has 0 aromatic rings. The van der Waals surface area contributed by atoms with E-state index in [2.05, 4.69) is 11.9 Å². The molecule has 0 saturated heterocycles. The van der Waals surface area contributed by atoms with E-state index in [1.807, 2.05) is 6.08 Å². The van der Waals surface area contributed by atoms with Crippen LogP contribution in [0.15, 0.2) is 12.7 Å². The van der Waals surface area contributed by atoms with Crippen molar-refractivity contribution in [1.82, 2.24) is 5.32 Å². The van der Waals surface area contributed by atoms with Gasteiger partial charge in [0, 0.05) is 12.6 Å². The Labute approximate surface area is 44.4 Å². The van der Waals surface area contributed by atoms with Crippen LogP contribution in [0.4, 0.5) is 0 Å². The highest BCUT2D eigenvalue weighted by Gasteiger charge is 2.20. The van der Waals surface area contributed by atoms with Crippen molar-refractivity contribution >= 4 is 0 Å². The number of hydrogen-bond acceptors (Lipinski definition) is 0. The lowest BCUT2D eigenvalue weighted by Gasteiger charge is -1.87. The molecule has 0 N–H and O–H groups in total. The van der Waals surface area contributed by atoms with Gasteiger partial charge >= 0.3 is 0 Å². The van der Waals surface area contributed by atoms with Gasteiger partial charge in [0.1, 0.15) is 0 Å². The summed E-state index contributed by atoms with van der Waals surface area (Å²) in [5.74, 6) is 0. The van der Waals surface area contributed by atoms with Gasteiger partial charge in [0.2, 0.25) is 0 Å². The lowest BCUT2D eigenvalue weighted by molar-refractivity contribution is 0.736. The standard InChI is InChI=1S/C6H10N/c1-2-5-7-6-3-4-6/h2,6H,1,3-5H2. The number of hydrogen-bond donors (Lipinski definition) is 0. The molecule has 1 radical (unpaired) electrons. The number of rotatable bonds is 3. The maximum absolute atomic E-state index is 4.24. The molecule has 1 aliphatic carbocycles. The average molecular weight is 96.2 g/mol. The van der Waals surface area contributed by atoms with E-state index in [9.17, 15) is 0 Å². The first-order valence-electron chi connectivity index (χ1n) is 2.71. The van der Waals surface area contributed by atoms with Crippen molar-refractivity contribution in [1.29, 1.82) is 0 Å². The monoisotopic (exact) mass is 96.1 g/mol. The Morgan fingerprint density at radius 1 is 1.71 bits per heavy atom. The molecule has 0 aromatic carbocycles. The zero-order chi connectivity index (χ0) is 5.11. The van der Waals surface area contributed by atoms with Gasteiger partial charge in [-0.15, -0.1) is 6.58 Å². The quantitative estimate of drug-likeness (QED) is 0.464. The first kappa shape index (κ1) is 4.85. The number of nitrogens with zero attached hydrogens (tertiary/aromatic N) is 1. The van der Waals surface area contributed by atoms with Crippen molar-refractivity contribution in [3.05, 3.63) is 12.7 Å². The third kappa shape index (κ3) is 1.74. The Morgan fingerprint density at radius 2 is 2.43 bits per heavy atom. The van der Waals surface area contributed by atoms with Crippen LogP contribution in [0.1, 0.15) is 12.8 Å². The molecule has 0 amide bonds. The molecule has 1 heteroatoms. The first-order chi connectivity index (χ1) is 3.43. The minimum absolute atomic E-state index is 0.706. The lowest BCUT2D eigenvalue weighted by atomic mass is 10.6. The summed E-state index contributed by atoms with van der Waals surface area (Å²) in [4.78, 5) is 0. The van der Waals surface area contributed by atoms with E-state index >= 15 is 0 Å². The predicted molar refractivity (Wildman–Crippen MR) is 30.2 cm³/mol. The van der Waals surface area contributed by atoms with E-state index in [1.54, 1.807) is 0 Å². The largest absolute Gasteiger partial charge is 0.234 e. The normalized spacial score (nSPS) is 19.4. The summed E-state index contributed by atoms with van der Waals surface area (Å²) in [5, 5.41) is 4.24. The van der Waals surface area contributed by atoms with Crippen molar-refractivity contribution in [2.24, 2.45) is 0 Å². The van der Waals surface area contributed by atoms with Crippen LogP contribution < -0.4 is 5.32 Å². The highest BCUT2D eigenvalue weighted by molar-refractivity contribution is 4.83. The molecular formula is C6H10N. The maximum Gasteiger partial charge on any atom is 0.0314 e. The van der Waals surface area contributed by atoms with Crippen molar-refractivity contribution in [3.63, 3.8) is 0 Å². The van der Waals surface area contributed by atoms with Gasteiger partial charge in [-0.05, 0) is 12.8 Å². The highest BCUT2D eigenvalue weighted by Crippen LogP contribution is 2.19. The van der Waals surface area contributed by atoms with E-state index in [1.165, 1.54) is 12.8 Å². The predicted octanol–water partition coefficient (Wildman–Crippen LogP) is 0.939. The van der Waals surface area contributed by atoms with Gasteiger partial charge < -0.3 is 0 Å². The van der Waals surface area contributed by atoms with Crippen LogP contribution in [0.2, 0.25) is 0 Å². The van der Waals surface area contributed by atoms with Crippen LogP contribution in [0, 0.1) is 0 Å². The molecule has 1 fully saturated rings. The molecule has 0 aliphatic heterocycles. The molecule has 0 bridgehead atoms. The summed E-state index contributed by atoms with van der Waals surface area (Å²) in [5.41, 5.74) is 0. The van der Waals surface area contributed by atoms with Crippen LogP contribution in [0.3, 0.4) is 0 Å². The Balaban J connectivity index is 1.88. The second-order valence-corrected chi connectivity index (χ2v) is 1.88. The maximum atomic E-state index is 4.24. The second-order valence-electron chi connectivity index (χ2n) is 1.88. The van der Waals surface area contributed by atoms with E-state index in [4.69, 9.17) is 0 Å². The zero-order valence-electron chi connectivity index (χ0n) is 4.43. The van der Waals surface area contributed by atoms with Crippen LogP contribution >= 0.6 is 0 Å². The smallest absolute Gasteiger partial charge is 0.0314 e. The van der Waals surface area contributed by atoms with E-state index in [-0.39, 0.29) is 0 Å². The minimum atomic E-state index is 0.706. The van der Waals surface area contributed by atoms with Crippen molar-refractivity contribution in [3.8, 4) is 0 Å². The van der Waals surface area contributed by atoms with E-state index in [0.717, 1.165) is 6.54 Å². The molecule has 1 rings (SSSR count). The van der Waals surface area contributed by atoms with Gasteiger partial charge in [0.15, 0.2) is 0 Å². The van der Waals surface area contributed by atoms with Gasteiger partial charge in [-0.3, -0.25) is 0 Å². The van der Waals surface area contributed by atoms with Gasteiger partial charge in [-0.25, -0.2) is 5.32 Å². The fraction of sp³-hybridized carbons (Fsp3) is 0.667. The molecule has 0 spiro atoms. The van der Waals surface area contributed by atoms with Gasteiger partial charge in [0.05, 0.1) is 0 Å². The molecule has 0 unspecified atom stereocenters. The molecule has 7 heavy (non-hydrogen) atoms. The summed E-state index contributed by atoms with van der Waals surface area (Å²) < 4.78 is 0. The first-order valence-corrected chi connectivity index (χ1v) is 2.71. The van der Waals surface area contributed by atoms with E-state index in [0.29, 0.717) is 6.04 Å². The molecule has 1 nitrogen and oxygen atoms in total. The summed E-state index contributed by atoms with van der Waals surface area (Å²) in [6.07, 6.45) is 4.47. The van der Waals surface area contributed by atoms with Crippen molar-refractivity contribution in [2.45, 2.75) is 18.9 Å². The Hall–Kier alpha value is -0.300. The zero-order valence-corrected chi connectivity index (χ0v) is 4.43. The van der Waals surface area contributed by atoms with Crippen molar-refractivity contribution in [2.75, 3.05) is 6.54 Å². The lowest BCUT2D eigenvalue weighted by Crippen LogP contribution is -2.05. The molecule has 1 saturated carbocycles. The topological polar surface area (TPSA) is 14.1 Å². The molecular weight excluding hydrogens is 86.1 g/mol. The molecule has 0 aromatic heterocycles. The summed E-state index contributed by atoms with van der Waals surface area (Å²) in [6, 6.07) is 0.706. The van der Waals surface area contributed by atoms with Crippen LogP contribution in [0.25, 0.3) is 0 Å². The molecule has 39 valence electrons. The van der Waals surface area contributed by atoms with Crippen LogP contribution in [-0.4, -0.2) is 12.6 Å². The van der Waals surface area contributed by atoms with E-state index < -0.39 is 0 Å². The fourth-order valence-corrected chi connectivity index (χ4v) is 0.481. The molecule has 0 heterocycles. The third-order valence-corrected chi connectivity index (χ3v) is 1.04. The fourth-order valence-electron chi connectivity index (χ4n) is 0.481. The highest BCUT2D eigenvalue weighted by atomic mass is 14.9. The van der Waals surface area contributed by atoms with Gasteiger partial charge in [-0.1, -0.05) is 6.08 Å². The van der Waals surface area contributed by atoms with Crippen LogP contribution in [-0.2, 0) is 0 Å². The summed E-state index contributed by atoms with van der Waals surface area (Å²) in [6.45, 7) is 4.42. The second kappa shape index (κ2) is 2.12. The SMILES string of the molecule is C=CC[N]C1CC1. The Kier molecular flexibility index (Phi) is 1.47. The Bertz CT molecular complexity index is 64.6. The average Bonchev–Trinajstić information content (AvgIpc) is 2.42. The van der Waals surface area contributed by atoms with Gasteiger partial charge in [0.25, 0.3) is 0 Å². The summed E-state index contributed by atoms with van der Waals surface area (Å²) >= 11 is 0. The minimum Gasteiger partial charge on any atom is -0.234 e. The molecule has 1 aliphatic rings. The summed E-state index contributed by atoms with van der Waals surface area (Å²) in [7, 11) is 0. The Morgan fingerprint density at radius 3 is 2.86 bits per heavy atom. The van der Waals surface area contributed by atoms with Crippen LogP contribution in [0.5, 0.6) is 0 Å².